The smallest absolute Gasteiger partial charge is 0.342 e. The Morgan fingerprint density at radius 1 is 1.05 bits per heavy atom. The molecule has 0 aliphatic rings. The standard InChI is InChI=1S/C10H17NO7P2/c12-19(13,14)10(20(15,16)17)8-11-6-7-18-9-4-2-1-3-5-9/h1-5,10-11H,6-8H2,(H2,12,13,14)(H2,15,16,17). The average molecular weight is 325 g/mol. The molecule has 20 heavy (non-hydrogen) atoms. The number of ether oxygens (including phenoxy) is 1. The molecule has 0 saturated heterocycles. The number of hydrogen-bond donors (Lipinski definition) is 5. The third kappa shape index (κ3) is 6.15. The van der Waals surface area contributed by atoms with Gasteiger partial charge in [-0.25, -0.2) is 0 Å². The minimum Gasteiger partial charge on any atom is -0.492 e. The highest BCUT2D eigenvalue weighted by Crippen LogP contribution is 2.59. The Balaban J connectivity index is 2.35. The zero-order valence-corrected chi connectivity index (χ0v) is 12.3. The van der Waals surface area contributed by atoms with Crippen molar-refractivity contribution in [3.8, 4) is 5.75 Å². The van der Waals surface area contributed by atoms with E-state index in [9.17, 15) is 9.13 Å². The summed E-state index contributed by atoms with van der Waals surface area (Å²) in [5.41, 5.74) is 0. The Morgan fingerprint density at radius 2 is 1.60 bits per heavy atom. The van der Waals surface area contributed by atoms with Gasteiger partial charge in [0.15, 0.2) is 5.40 Å². The molecule has 0 heterocycles. The SMILES string of the molecule is O=P(O)(O)C(CNCCOc1ccccc1)P(=O)(O)O. The highest BCUT2D eigenvalue weighted by atomic mass is 31.2. The van der Waals surface area contributed by atoms with E-state index in [0.29, 0.717) is 5.75 Å². The van der Waals surface area contributed by atoms with Crippen LogP contribution in [0.25, 0.3) is 0 Å². The van der Waals surface area contributed by atoms with Crippen molar-refractivity contribution in [1.82, 2.24) is 5.32 Å². The van der Waals surface area contributed by atoms with Gasteiger partial charge in [-0.1, -0.05) is 18.2 Å². The van der Waals surface area contributed by atoms with Crippen molar-refractivity contribution in [1.29, 1.82) is 0 Å². The Kier molecular flexibility index (Phi) is 6.36. The van der Waals surface area contributed by atoms with Crippen LogP contribution in [0.4, 0.5) is 0 Å². The molecule has 0 aromatic heterocycles. The van der Waals surface area contributed by atoms with Gasteiger partial charge in [0, 0.05) is 13.1 Å². The molecule has 1 aromatic rings. The Hall–Kier alpha value is -0.720. The van der Waals surface area contributed by atoms with E-state index in [4.69, 9.17) is 24.3 Å². The number of hydrogen-bond acceptors (Lipinski definition) is 4. The van der Waals surface area contributed by atoms with Crippen molar-refractivity contribution in [2.45, 2.75) is 5.40 Å². The lowest BCUT2D eigenvalue weighted by Crippen LogP contribution is -2.30. The van der Waals surface area contributed by atoms with Gasteiger partial charge < -0.3 is 29.6 Å². The second-order valence-corrected chi connectivity index (χ2v) is 8.03. The van der Waals surface area contributed by atoms with Crippen LogP contribution < -0.4 is 10.1 Å². The van der Waals surface area contributed by atoms with E-state index >= 15 is 0 Å². The lowest BCUT2D eigenvalue weighted by molar-refractivity contribution is 0.308. The van der Waals surface area contributed by atoms with Crippen molar-refractivity contribution >= 4 is 15.2 Å². The molecule has 1 aromatic carbocycles. The third-order valence-electron chi connectivity index (χ3n) is 2.39. The summed E-state index contributed by atoms with van der Waals surface area (Å²) < 4.78 is 27.3. The zero-order chi connectivity index (χ0) is 15.2. The predicted octanol–water partition coefficient (Wildman–Crippen LogP) is 0.336. The maximum Gasteiger partial charge on any atom is 0.342 e. The van der Waals surface area contributed by atoms with Crippen molar-refractivity contribution in [3.05, 3.63) is 30.3 Å². The van der Waals surface area contributed by atoms with Gasteiger partial charge in [0.1, 0.15) is 12.4 Å². The minimum atomic E-state index is -4.87. The number of rotatable bonds is 8. The molecular formula is C10H17NO7P2. The summed E-state index contributed by atoms with van der Waals surface area (Å²) in [5, 5.41) is 0.524. The van der Waals surface area contributed by atoms with Crippen LogP contribution in [0.5, 0.6) is 5.75 Å². The van der Waals surface area contributed by atoms with Gasteiger partial charge >= 0.3 is 15.2 Å². The molecule has 0 amide bonds. The fourth-order valence-electron chi connectivity index (χ4n) is 1.42. The lowest BCUT2D eigenvalue weighted by Gasteiger charge is -2.19. The van der Waals surface area contributed by atoms with Crippen molar-refractivity contribution in [2.75, 3.05) is 19.7 Å². The molecule has 114 valence electrons. The van der Waals surface area contributed by atoms with Gasteiger partial charge in [-0.3, -0.25) is 9.13 Å². The Bertz CT molecular complexity index is 476. The van der Waals surface area contributed by atoms with Gasteiger partial charge in [-0.15, -0.1) is 0 Å². The maximum atomic E-state index is 11.0. The fourth-order valence-corrected chi connectivity index (χ4v) is 3.72. The summed E-state index contributed by atoms with van der Waals surface area (Å²) in [7, 11) is -9.74. The van der Waals surface area contributed by atoms with Crippen LogP contribution in [0.15, 0.2) is 30.3 Å². The van der Waals surface area contributed by atoms with Gasteiger partial charge in [0.05, 0.1) is 0 Å². The predicted molar refractivity (Wildman–Crippen MR) is 72.7 cm³/mol. The first-order valence-electron chi connectivity index (χ1n) is 5.70. The van der Waals surface area contributed by atoms with Crippen molar-refractivity contribution in [2.24, 2.45) is 0 Å². The van der Waals surface area contributed by atoms with Gasteiger partial charge in [0.25, 0.3) is 0 Å². The average Bonchev–Trinajstić information content (AvgIpc) is 2.31. The molecule has 0 bridgehead atoms. The number of nitrogens with one attached hydrogen (secondary N) is 1. The minimum absolute atomic E-state index is 0.200. The molecule has 0 fully saturated rings. The van der Waals surface area contributed by atoms with E-state index in [-0.39, 0.29) is 13.2 Å². The van der Waals surface area contributed by atoms with E-state index in [2.05, 4.69) is 5.32 Å². The largest absolute Gasteiger partial charge is 0.492 e. The molecule has 5 N–H and O–H groups in total. The highest BCUT2D eigenvalue weighted by Gasteiger charge is 2.42. The van der Waals surface area contributed by atoms with E-state index in [1.807, 2.05) is 6.07 Å². The number of para-hydroxylation sites is 1. The van der Waals surface area contributed by atoms with Gasteiger partial charge in [-0.05, 0) is 12.1 Å². The molecule has 0 unspecified atom stereocenters. The summed E-state index contributed by atoms with van der Waals surface area (Å²) in [5.74, 6) is 0.635. The van der Waals surface area contributed by atoms with Crippen LogP contribution in [-0.4, -0.2) is 44.7 Å². The second-order valence-electron chi connectivity index (χ2n) is 4.02. The lowest BCUT2D eigenvalue weighted by atomic mass is 10.3. The molecule has 0 atom stereocenters. The van der Waals surface area contributed by atoms with Crippen LogP contribution in [-0.2, 0) is 9.13 Å². The maximum absolute atomic E-state index is 11.0. The summed E-state index contributed by atoms with van der Waals surface area (Å²) in [6, 6.07) is 8.90. The van der Waals surface area contributed by atoms with Crippen LogP contribution in [0.3, 0.4) is 0 Å². The summed E-state index contributed by atoms with van der Waals surface area (Å²) in [6.07, 6.45) is 0. The van der Waals surface area contributed by atoms with E-state index in [1.54, 1.807) is 24.3 Å². The summed E-state index contributed by atoms with van der Waals surface area (Å²) >= 11 is 0. The molecule has 10 heteroatoms. The first-order chi connectivity index (χ1) is 9.21. The second kappa shape index (κ2) is 7.33. The Morgan fingerprint density at radius 3 is 2.10 bits per heavy atom. The van der Waals surface area contributed by atoms with Crippen LogP contribution >= 0.6 is 15.2 Å². The monoisotopic (exact) mass is 325 g/mol. The topological polar surface area (TPSA) is 136 Å². The zero-order valence-electron chi connectivity index (χ0n) is 10.5. The third-order valence-corrected chi connectivity index (χ3v) is 6.12. The molecule has 0 aliphatic heterocycles. The van der Waals surface area contributed by atoms with Crippen LogP contribution in [0.2, 0.25) is 0 Å². The molecule has 8 nitrogen and oxygen atoms in total. The molecule has 0 spiro atoms. The van der Waals surface area contributed by atoms with Crippen molar-refractivity contribution in [3.63, 3.8) is 0 Å². The highest BCUT2D eigenvalue weighted by molar-refractivity contribution is 7.70. The summed E-state index contributed by atoms with van der Waals surface area (Å²) in [4.78, 5) is 35.6. The molecule has 0 aliphatic carbocycles. The molecule has 0 radical (unpaired) electrons. The molecule has 1 rings (SSSR count). The van der Waals surface area contributed by atoms with Gasteiger partial charge in [0.2, 0.25) is 0 Å². The normalized spacial score (nSPS) is 12.7. The van der Waals surface area contributed by atoms with Gasteiger partial charge in [-0.2, -0.15) is 0 Å². The quantitative estimate of drug-likeness (QED) is 0.341. The van der Waals surface area contributed by atoms with Crippen LogP contribution in [0, 0.1) is 0 Å². The molecule has 0 saturated carbocycles. The van der Waals surface area contributed by atoms with Crippen LogP contribution in [0.1, 0.15) is 0 Å². The Labute approximate surface area is 116 Å². The first kappa shape index (κ1) is 17.3. The molecular weight excluding hydrogens is 308 g/mol. The van der Waals surface area contributed by atoms with Crippen molar-refractivity contribution < 1.29 is 33.4 Å². The van der Waals surface area contributed by atoms with E-state index in [0.717, 1.165) is 0 Å². The van der Waals surface area contributed by atoms with E-state index < -0.39 is 27.1 Å². The van der Waals surface area contributed by atoms with E-state index in [1.165, 1.54) is 0 Å². The number of benzene rings is 1. The first-order valence-corrected chi connectivity index (χ1v) is 9.06. The fraction of sp³-hybridized carbons (Fsp3) is 0.400. The summed E-state index contributed by atoms with van der Waals surface area (Å²) in [6.45, 7) is -0.0862.